The number of carbonyl (C=O) groups excluding carboxylic acids is 3. The van der Waals surface area contributed by atoms with Gasteiger partial charge in [-0.15, -0.1) is 0 Å². The van der Waals surface area contributed by atoms with Crippen molar-refractivity contribution in [3.05, 3.63) is 102 Å². The van der Waals surface area contributed by atoms with Gasteiger partial charge in [-0.25, -0.2) is 0 Å². The second-order valence-electron chi connectivity index (χ2n) is 37.9. The smallest absolute Gasteiger partial charge is 0.316 e. The Morgan fingerprint density at radius 1 is 0.445 bits per heavy atom. The molecule has 0 saturated heterocycles. The Hall–Kier alpha value is -5.17. The first kappa shape index (κ1) is 88.8. The van der Waals surface area contributed by atoms with Crippen molar-refractivity contribution >= 4 is 28.7 Å². The van der Waals surface area contributed by atoms with Crippen LogP contribution in [0.1, 0.15) is 333 Å². The molecule has 11 unspecified atom stereocenters. The number of esters is 3. The molecule has 0 spiro atoms. The van der Waals surface area contributed by atoms with Crippen molar-refractivity contribution in [1.29, 1.82) is 0 Å². The minimum absolute atomic E-state index is 0.0924. The quantitative estimate of drug-likeness (QED) is 0.0325. The molecule has 0 heterocycles. The molecule has 4 aromatic rings. The summed E-state index contributed by atoms with van der Waals surface area (Å²) in [5.41, 5.74) is 0.145. The van der Waals surface area contributed by atoms with Crippen LogP contribution in [0, 0.1) is 39.9 Å². The molecule has 4 aromatic carbocycles. The molecular weight excluding hydrogens is 1390 g/mol. The van der Waals surface area contributed by atoms with Gasteiger partial charge in [0.15, 0.2) is 25.2 Å². The monoisotopic (exact) mass is 1530 g/mol. The number of ether oxygens (including phenoxy) is 11. The van der Waals surface area contributed by atoms with Gasteiger partial charge in [0.1, 0.15) is 28.5 Å². The average Bonchev–Trinajstić information content (AvgIpc) is 0.766. The highest BCUT2D eigenvalue weighted by atomic mass is 16.7. The van der Waals surface area contributed by atoms with Crippen molar-refractivity contribution in [1.82, 2.24) is 0 Å². The Morgan fingerprint density at radius 3 is 1.13 bits per heavy atom. The molecule has 11 aliphatic carbocycles. The van der Waals surface area contributed by atoms with E-state index in [0.29, 0.717) is 66.1 Å². The van der Waals surface area contributed by atoms with E-state index >= 15 is 0 Å². The molecule has 110 heavy (non-hydrogen) atoms. The summed E-state index contributed by atoms with van der Waals surface area (Å²) in [5, 5.41) is 21.0. The van der Waals surface area contributed by atoms with Gasteiger partial charge in [-0.1, -0.05) is 163 Å². The zero-order valence-electron chi connectivity index (χ0n) is 71.6. The highest BCUT2D eigenvalue weighted by Crippen LogP contribution is 2.66. The average molecular weight is 1530 g/mol. The van der Waals surface area contributed by atoms with Gasteiger partial charge >= 0.3 is 17.9 Å². The first-order chi connectivity index (χ1) is 51.8. The van der Waals surface area contributed by atoms with Gasteiger partial charge in [-0.3, -0.25) is 14.4 Å². The van der Waals surface area contributed by atoms with Gasteiger partial charge < -0.3 is 62.3 Å². The van der Waals surface area contributed by atoms with E-state index in [2.05, 4.69) is 113 Å². The Morgan fingerprint density at radius 2 is 0.782 bits per heavy atom. The molecule has 2 N–H and O–H groups in total. The zero-order valence-corrected chi connectivity index (χ0v) is 71.6. The topological polar surface area (TPSA) is 193 Å². The molecule has 10 fully saturated rings. The minimum atomic E-state index is -0.562. The van der Waals surface area contributed by atoms with Gasteiger partial charge in [0.2, 0.25) is 0 Å². The van der Waals surface area contributed by atoms with Crippen LogP contribution in [-0.4, -0.2) is 113 Å². The van der Waals surface area contributed by atoms with E-state index in [1.54, 1.807) is 38.5 Å². The molecule has 0 radical (unpaired) electrons. The predicted molar refractivity (Wildman–Crippen MR) is 435 cm³/mol. The number of carbonyl (C=O) groups is 3. The van der Waals surface area contributed by atoms with E-state index < -0.39 is 49.9 Å². The summed E-state index contributed by atoms with van der Waals surface area (Å²) >= 11 is 0. The summed E-state index contributed by atoms with van der Waals surface area (Å²) in [6.07, 6.45) is 25.1. The molecule has 0 aromatic heterocycles. The Balaban J connectivity index is 0.000000172. The lowest BCUT2D eigenvalue weighted by Crippen LogP contribution is -2.69. The van der Waals surface area contributed by atoms with Crippen LogP contribution in [-0.2, 0) is 61.8 Å². The fraction of sp³-hybridized carbons (Fsp3) is 0.734. The van der Waals surface area contributed by atoms with E-state index in [9.17, 15) is 14.4 Å². The molecule has 8 bridgehead atoms. The first-order valence-corrected chi connectivity index (χ1v) is 42.7. The third-order valence-corrected chi connectivity index (χ3v) is 26.6. The molecule has 15 rings (SSSR count). The standard InChI is InChI=1S/C32H54O6.C26H46O6.C14H14.C12H16O3.C10H14O/c1-6-29(4,5)28(33)38-32-19-25-17-30(21-32,36-23(2)34-26-13-9-7-10-14-26)20-31(18-25,22-32)37-24(3)35-27-15-11-8-12-16-27;1-10-23(6,7)22(27)32-26-13-19-11-24(15-26,30-20(28-8)17(2)3)14-25(12-19,16-26)31-21(29-9)18(4)5;1-9-10(2)13-8-4-6-11-5-3-7-12(9)14(11)13;1-4-12(2,3)11(14)15-10-7-5-9(13)6-8-10;1-3-8(2)9-4-6-10(11)7-5-9/h23-27H,6-22H2,1-5H3;17-21H,10-16H2,1-9H3;3-10H,1-2H3;5-8,13H,4H2,1-3H3;4-8,11H,3H2,1-2H3. The van der Waals surface area contributed by atoms with Gasteiger partial charge in [-0.05, 0) is 239 Å². The number of rotatable bonds is 27. The summed E-state index contributed by atoms with van der Waals surface area (Å²) < 4.78 is 69.7. The van der Waals surface area contributed by atoms with Crippen LogP contribution >= 0.6 is 0 Å². The van der Waals surface area contributed by atoms with E-state index in [-0.39, 0.29) is 60.7 Å². The second-order valence-corrected chi connectivity index (χ2v) is 37.9. The maximum absolute atomic E-state index is 13.4. The second kappa shape index (κ2) is 37.2. The van der Waals surface area contributed by atoms with Crippen molar-refractivity contribution in [2.75, 3.05) is 14.2 Å². The molecule has 616 valence electrons. The molecule has 11 atom stereocenters. The highest BCUT2D eigenvalue weighted by Gasteiger charge is 2.69. The van der Waals surface area contributed by atoms with Crippen LogP contribution in [0.15, 0.2) is 84.9 Å². The summed E-state index contributed by atoms with van der Waals surface area (Å²) in [4.78, 5) is 38.3. The molecule has 16 nitrogen and oxygen atoms in total. The van der Waals surface area contributed by atoms with Crippen LogP contribution < -0.4 is 4.74 Å². The number of phenolic OH excluding ortho intramolecular Hbond substituents is 2. The number of methoxy groups -OCH3 is 2. The summed E-state index contributed by atoms with van der Waals surface area (Å²) in [5.74, 6) is 3.69. The fourth-order valence-electron chi connectivity index (χ4n) is 19.8. The summed E-state index contributed by atoms with van der Waals surface area (Å²) in [6.45, 7) is 39.2. The SMILES string of the molecule is CC1c2cccc3cccc(c23)C1C.CCC(C)(C)C(=O)OC12CC3CC(OC(C)OC4CCCCC4)(C1)CC(OC(C)OC1CCCCC1)(C3)C2.CCC(C)(C)C(=O)OC12CC3CC(OC(OC)C(C)C)(C1)CC(OC(OC)C(C)C)(C3)C2.CCC(C)(C)C(=O)Oc1ccc(O)cc1.CCC(C)c1ccc(O)cc1. The minimum Gasteiger partial charge on any atom is -0.508 e. The van der Waals surface area contributed by atoms with Crippen LogP contribution in [0.3, 0.4) is 0 Å². The van der Waals surface area contributed by atoms with E-state index in [1.807, 2.05) is 67.5 Å². The van der Waals surface area contributed by atoms with E-state index in [0.717, 1.165) is 116 Å². The van der Waals surface area contributed by atoms with E-state index in [4.69, 9.17) is 62.3 Å². The third-order valence-electron chi connectivity index (χ3n) is 26.6. The van der Waals surface area contributed by atoms with Gasteiger partial charge in [0.05, 0.1) is 50.9 Å². The normalized spacial score (nSPS) is 29.4. The molecular formula is C94H144O16. The van der Waals surface area contributed by atoms with Crippen molar-refractivity contribution in [3.8, 4) is 17.2 Å². The molecule has 11 aliphatic rings. The van der Waals surface area contributed by atoms with Crippen LogP contribution in [0.5, 0.6) is 17.2 Å². The molecule has 16 heteroatoms. The maximum atomic E-state index is 13.4. The molecule has 0 aliphatic heterocycles. The first-order valence-electron chi connectivity index (χ1n) is 42.7. The summed E-state index contributed by atoms with van der Waals surface area (Å²) in [6, 6.07) is 26.9. The van der Waals surface area contributed by atoms with Crippen LogP contribution in [0.25, 0.3) is 10.8 Å². The fourth-order valence-corrected chi connectivity index (χ4v) is 19.8. The lowest BCUT2D eigenvalue weighted by molar-refractivity contribution is -0.343. The predicted octanol–water partition coefficient (Wildman–Crippen LogP) is 22.8. The molecule has 10 saturated carbocycles. The Labute approximate surface area is 662 Å². The number of phenols is 2. The largest absolute Gasteiger partial charge is 0.508 e. The number of benzene rings is 4. The highest BCUT2D eigenvalue weighted by molar-refractivity contribution is 5.92. The van der Waals surface area contributed by atoms with Crippen molar-refractivity contribution in [2.24, 2.45) is 39.9 Å². The van der Waals surface area contributed by atoms with E-state index in [1.165, 1.54) is 78.1 Å². The van der Waals surface area contributed by atoms with Crippen LogP contribution in [0.2, 0.25) is 0 Å². The summed E-state index contributed by atoms with van der Waals surface area (Å²) in [7, 11) is 3.41. The van der Waals surface area contributed by atoms with Crippen molar-refractivity contribution < 1.29 is 76.7 Å². The van der Waals surface area contributed by atoms with Gasteiger partial charge in [0.25, 0.3) is 0 Å². The molecule has 0 amide bonds. The third kappa shape index (κ3) is 22.1. The van der Waals surface area contributed by atoms with Gasteiger partial charge in [0, 0.05) is 64.6 Å². The number of hydrogen-bond acceptors (Lipinski definition) is 16. The lowest BCUT2D eigenvalue weighted by Gasteiger charge is -2.65. The van der Waals surface area contributed by atoms with Gasteiger partial charge in [-0.2, -0.15) is 0 Å². The number of aromatic hydroxyl groups is 2. The zero-order chi connectivity index (χ0) is 80.4. The Bertz CT molecular complexity index is 3460. The van der Waals surface area contributed by atoms with Crippen molar-refractivity contribution in [3.63, 3.8) is 0 Å². The Kier molecular flexibility index (Phi) is 30.0. The van der Waals surface area contributed by atoms with Crippen molar-refractivity contribution in [2.45, 2.75) is 387 Å². The lowest BCUT2D eigenvalue weighted by atomic mass is 9.50. The van der Waals surface area contributed by atoms with Crippen LogP contribution in [0.4, 0.5) is 0 Å². The maximum Gasteiger partial charge on any atom is 0.316 e. The number of hydrogen-bond donors (Lipinski definition) is 2.